The van der Waals surface area contributed by atoms with Crippen LogP contribution in [0.1, 0.15) is 45.6 Å². The number of esters is 1. The summed E-state index contributed by atoms with van der Waals surface area (Å²) in [5, 5.41) is 0. The standard InChI is InChI=1S/C18H24O3/c1-13-9-10-15-17(2,3)21-18(15,16(19)20-12-11-13)14-7-5-4-6-8-14/h4-8,13,15H,9-12H2,1-3H3/t13?,15-,18-/m1/s1. The van der Waals surface area contributed by atoms with Gasteiger partial charge in [-0.15, -0.1) is 0 Å². The first-order valence-corrected chi connectivity index (χ1v) is 7.90. The molecule has 0 bridgehead atoms. The lowest BCUT2D eigenvalue weighted by Crippen LogP contribution is -2.67. The average molecular weight is 288 g/mol. The highest BCUT2D eigenvalue weighted by Gasteiger charge is 2.66. The fourth-order valence-corrected chi connectivity index (χ4v) is 3.84. The molecule has 2 aliphatic rings. The number of benzene rings is 1. The quantitative estimate of drug-likeness (QED) is 0.740. The second kappa shape index (κ2) is 5.13. The van der Waals surface area contributed by atoms with Crippen molar-refractivity contribution in [3.05, 3.63) is 35.9 Å². The number of ether oxygens (including phenoxy) is 2. The van der Waals surface area contributed by atoms with Crippen LogP contribution in [-0.2, 0) is 19.9 Å². The van der Waals surface area contributed by atoms with Crippen LogP contribution < -0.4 is 0 Å². The number of rotatable bonds is 1. The van der Waals surface area contributed by atoms with E-state index >= 15 is 0 Å². The van der Waals surface area contributed by atoms with Gasteiger partial charge in [-0.3, -0.25) is 0 Å². The molecular weight excluding hydrogens is 264 g/mol. The van der Waals surface area contributed by atoms with E-state index in [2.05, 4.69) is 20.8 Å². The smallest absolute Gasteiger partial charge is 0.343 e. The minimum Gasteiger partial charge on any atom is -0.463 e. The number of hydrogen-bond acceptors (Lipinski definition) is 3. The summed E-state index contributed by atoms with van der Waals surface area (Å²) in [6.07, 6.45) is 3.05. The van der Waals surface area contributed by atoms with E-state index in [-0.39, 0.29) is 17.5 Å². The van der Waals surface area contributed by atoms with E-state index in [0.29, 0.717) is 12.5 Å². The van der Waals surface area contributed by atoms with Gasteiger partial charge in [-0.2, -0.15) is 0 Å². The molecule has 2 heterocycles. The molecule has 2 saturated heterocycles. The molecule has 1 aromatic carbocycles. The molecule has 0 N–H and O–H groups in total. The van der Waals surface area contributed by atoms with Crippen LogP contribution in [0, 0.1) is 11.8 Å². The third-order valence-electron chi connectivity index (χ3n) is 5.05. The largest absolute Gasteiger partial charge is 0.463 e. The van der Waals surface area contributed by atoms with Crippen molar-refractivity contribution in [2.24, 2.45) is 11.8 Å². The maximum atomic E-state index is 12.8. The van der Waals surface area contributed by atoms with E-state index in [9.17, 15) is 4.79 Å². The van der Waals surface area contributed by atoms with Gasteiger partial charge < -0.3 is 9.47 Å². The first kappa shape index (κ1) is 14.6. The highest BCUT2D eigenvalue weighted by Crippen LogP contribution is 2.56. The number of cyclic esters (lactones) is 1. The lowest BCUT2D eigenvalue weighted by molar-refractivity contribution is -0.313. The fourth-order valence-electron chi connectivity index (χ4n) is 3.84. The van der Waals surface area contributed by atoms with Gasteiger partial charge in [0.25, 0.3) is 0 Å². The number of hydrogen-bond donors (Lipinski definition) is 0. The Morgan fingerprint density at radius 2 is 1.81 bits per heavy atom. The van der Waals surface area contributed by atoms with Gasteiger partial charge in [-0.1, -0.05) is 43.7 Å². The summed E-state index contributed by atoms with van der Waals surface area (Å²) in [5.41, 5.74) is -0.262. The van der Waals surface area contributed by atoms with Crippen molar-refractivity contribution in [1.29, 1.82) is 0 Å². The van der Waals surface area contributed by atoms with Crippen LogP contribution in [0.15, 0.2) is 30.3 Å². The molecule has 3 nitrogen and oxygen atoms in total. The number of carbonyl (C=O) groups excluding carboxylic acids is 1. The predicted octanol–water partition coefficient (Wildman–Crippen LogP) is 3.67. The first-order valence-electron chi connectivity index (χ1n) is 7.90. The Hall–Kier alpha value is -1.35. The highest BCUT2D eigenvalue weighted by atomic mass is 16.6. The van der Waals surface area contributed by atoms with Crippen LogP contribution in [0.2, 0.25) is 0 Å². The van der Waals surface area contributed by atoms with E-state index in [1.54, 1.807) is 0 Å². The van der Waals surface area contributed by atoms with Crippen LogP contribution in [-0.4, -0.2) is 18.2 Å². The van der Waals surface area contributed by atoms with Gasteiger partial charge in [0.05, 0.1) is 12.2 Å². The van der Waals surface area contributed by atoms with Crippen molar-refractivity contribution in [3.63, 3.8) is 0 Å². The van der Waals surface area contributed by atoms with Crippen molar-refractivity contribution in [2.75, 3.05) is 6.61 Å². The van der Waals surface area contributed by atoms with Gasteiger partial charge in [-0.25, -0.2) is 4.79 Å². The maximum Gasteiger partial charge on any atom is 0.343 e. The van der Waals surface area contributed by atoms with E-state index < -0.39 is 5.60 Å². The predicted molar refractivity (Wildman–Crippen MR) is 80.7 cm³/mol. The molecule has 0 amide bonds. The Morgan fingerprint density at radius 1 is 1.10 bits per heavy atom. The highest BCUT2D eigenvalue weighted by molar-refractivity contribution is 5.83. The van der Waals surface area contributed by atoms with Gasteiger partial charge in [0.1, 0.15) is 0 Å². The van der Waals surface area contributed by atoms with Crippen LogP contribution in [0.25, 0.3) is 0 Å². The minimum atomic E-state index is -0.908. The third-order valence-corrected chi connectivity index (χ3v) is 5.05. The molecule has 2 aliphatic heterocycles. The summed E-state index contributed by atoms with van der Waals surface area (Å²) < 4.78 is 11.7. The number of fused-ring (bicyclic) bond motifs is 1. The molecular formula is C18H24O3. The summed E-state index contributed by atoms with van der Waals surface area (Å²) in [4.78, 5) is 12.8. The minimum absolute atomic E-state index is 0.167. The maximum absolute atomic E-state index is 12.8. The van der Waals surface area contributed by atoms with Gasteiger partial charge in [-0.05, 0) is 38.2 Å². The van der Waals surface area contributed by atoms with Gasteiger partial charge in [0.2, 0.25) is 0 Å². The molecule has 21 heavy (non-hydrogen) atoms. The second-order valence-corrected chi connectivity index (χ2v) is 6.97. The SMILES string of the molecule is CC1CCOC(=O)[C@]2(c3ccccc3)OC(C)(C)[C@H]2CC1. The average Bonchev–Trinajstić information content (AvgIpc) is 2.49. The first-order chi connectivity index (χ1) is 9.97. The molecule has 1 unspecified atom stereocenters. The molecule has 0 saturated carbocycles. The summed E-state index contributed by atoms with van der Waals surface area (Å²) >= 11 is 0. The zero-order valence-corrected chi connectivity index (χ0v) is 13.1. The van der Waals surface area contributed by atoms with E-state index in [0.717, 1.165) is 24.8 Å². The summed E-state index contributed by atoms with van der Waals surface area (Å²) in [6, 6.07) is 9.83. The monoisotopic (exact) mass is 288 g/mol. The molecule has 3 heteroatoms. The van der Waals surface area contributed by atoms with Crippen LogP contribution >= 0.6 is 0 Å². The van der Waals surface area contributed by atoms with Crippen molar-refractivity contribution >= 4 is 5.97 Å². The van der Waals surface area contributed by atoms with Gasteiger partial charge >= 0.3 is 5.97 Å². The van der Waals surface area contributed by atoms with Crippen LogP contribution in [0.4, 0.5) is 0 Å². The Labute approximate surface area is 126 Å². The Morgan fingerprint density at radius 3 is 2.48 bits per heavy atom. The summed E-state index contributed by atoms with van der Waals surface area (Å²) in [7, 11) is 0. The molecule has 0 radical (unpaired) electrons. The molecule has 2 fully saturated rings. The molecule has 1 aromatic rings. The van der Waals surface area contributed by atoms with Crippen LogP contribution in [0.3, 0.4) is 0 Å². The Balaban J connectivity index is 2.02. The van der Waals surface area contributed by atoms with E-state index in [4.69, 9.17) is 9.47 Å². The third kappa shape index (κ3) is 2.28. The van der Waals surface area contributed by atoms with E-state index in [1.165, 1.54) is 0 Å². The van der Waals surface area contributed by atoms with Crippen LogP contribution in [0.5, 0.6) is 0 Å². The van der Waals surface area contributed by atoms with Crippen molar-refractivity contribution in [1.82, 2.24) is 0 Å². The van der Waals surface area contributed by atoms with E-state index in [1.807, 2.05) is 30.3 Å². The summed E-state index contributed by atoms with van der Waals surface area (Å²) in [5.74, 6) is 0.536. The van der Waals surface area contributed by atoms with Gasteiger partial charge in [0.15, 0.2) is 5.60 Å². The molecule has 114 valence electrons. The molecule has 0 aromatic heterocycles. The zero-order valence-electron chi connectivity index (χ0n) is 13.1. The lowest BCUT2D eigenvalue weighted by Gasteiger charge is -2.58. The molecule has 0 spiro atoms. The molecule has 3 rings (SSSR count). The second-order valence-electron chi connectivity index (χ2n) is 6.97. The van der Waals surface area contributed by atoms with Gasteiger partial charge in [0, 0.05) is 5.92 Å². The lowest BCUT2D eigenvalue weighted by atomic mass is 9.64. The summed E-state index contributed by atoms with van der Waals surface area (Å²) in [6.45, 7) is 6.88. The normalized spacial score (nSPS) is 35.5. The number of carbonyl (C=O) groups is 1. The fraction of sp³-hybridized carbons (Fsp3) is 0.611. The van der Waals surface area contributed by atoms with Crippen molar-refractivity contribution in [2.45, 2.75) is 51.2 Å². The van der Waals surface area contributed by atoms with Crippen molar-refractivity contribution in [3.8, 4) is 0 Å². The molecule has 0 aliphatic carbocycles. The van der Waals surface area contributed by atoms with Crippen molar-refractivity contribution < 1.29 is 14.3 Å². The topological polar surface area (TPSA) is 35.5 Å². The Kier molecular flexibility index (Phi) is 3.56. The Bertz CT molecular complexity index is 523. The molecule has 3 atom stereocenters. The zero-order chi connectivity index (χ0) is 15.1.